The van der Waals surface area contributed by atoms with Crippen LogP contribution < -0.4 is 14.9 Å². The summed E-state index contributed by atoms with van der Waals surface area (Å²) in [5, 5.41) is 3.17. The standard InChI is InChI=1S/C27H32FIN4O4S/c28-19-7-6-10-22(17-19)33(27(35)18-15-21(16-18)31-38(36,37)32-13-14-32)25(23-11-4-5-12-24(23)29)26(34)30-20-8-2-1-3-9-20/h4-7,10-12,17-18,20-21,25,31H,1-3,8-9,13-16H2,(H,30,34)/t18-,21+,25-/m1/s1. The van der Waals surface area contributed by atoms with E-state index in [1.807, 2.05) is 24.3 Å². The number of halogens is 2. The van der Waals surface area contributed by atoms with Gasteiger partial charge in [0.25, 0.3) is 10.2 Å². The fraction of sp³-hybridized carbons (Fsp3) is 0.481. The lowest BCUT2D eigenvalue weighted by molar-refractivity contribution is -0.130. The first-order valence-electron chi connectivity index (χ1n) is 13.1. The molecule has 5 rings (SSSR count). The van der Waals surface area contributed by atoms with Crippen molar-refractivity contribution in [3.05, 3.63) is 63.5 Å². The molecule has 0 bridgehead atoms. The van der Waals surface area contributed by atoms with E-state index < -0.39 is 28.0 Å². The lowest BCUT2D eigenvalue weighted by Crippen LogP contribution is -2.54. The molecular formula is C27H32FIN4O4S. The molecule has 38 heavy (non-hydrogen) atoms. The maximum atomic E-state index is 14.4. The smallest absolute Gasteiger partial charge is 0.279 e. The molecule has 0 unspecified atom stereocenters. The molecular weight excluding hydrogens is 622 g/mol. The summed E-state index contributed by atoms with van der Waals surface area (Å²) >= 11 is 2.16. The fourth-order valence-corrected chi connectivity index (χ4v) is 7.34. The number of carbonyl (C=O) groups excluding carboxylic acids is 2. The Morgan fingerprint density at radius 3 is 2.37 bits per heavy atom. The van der Waals surface area contributed by atoms with Gasteiger partial charge in [-0.2, -0.15) is 17.4 Å². The maximum Gasteiger partial charge on any atom is 0.279 e. The maximum absolute atomic E-state index is 14.4. The van der Waals surface area contributed by atoms with Crippen molar-refractivity contribution < 1.29 is 22.4 Å². The zero-order valence-corrected chi connectivity index (χ0v) is 24.0. The van der Waals surface area contributed by atoms with Gasteiger partial charge < -0.3 is 5.32 Å². The molecule has 3 fully saturated rings. The quantitative estimate of drug-likeness (QED) is 0.317. The molecule has 0 aromatic heterocycles. The van der Waals surface area contributed by atoms with E-state index in [4.69, 9.17) is 0 Å². The van der Waals surface area contributed by atoms with Gasteiger partial charge in [-0.15, -0.1) is 0 Å². The highest BCUT2D eigenvalue weighted by atomic mass is 127. The summed E-state index contributed by atoms with van der Waals surface area (Å²) in [5.74, 6) is -1.61. The lowest BCUT2D eigenvalue weighted by Gasteiger charge is -2.40. The van der Waals surface area contributed by atoms with E-state index in [9.17, 15) is 22.4 Å². The molecule has 2 aromatic rings. The van der Waals surface area contributed by atoms with Gasteiger partial charge in [0.1, 0.15) is 11.9 Å². The van der Waals surface area contributed by atoms with Gasteiger partial charge in [0.15, 0.2) is 0 Å². The normalized spacial score (nSPS) is 22.8. The van der Waals surface area contributed by atoms with Crippen molar-refractivity contribution in [2.45, 2.75) is 63.1 Å². The van der Waals surface area contributed by atoms with Crippen LogP contribution in [0, 0.1) is 15.3 Å². The van der Waals surface area contributed by atoms with Crippen molar-refractivity contribution in [2.75, 3.05) is 18.0 Å². The number of amides is 2. The Morgan fingerprint density at radius 1 is 1.00 bits per heavy atom. The molecule has 204 valence electrons. The Labute approximate surface area is 236 Å². The summed E-state index contributed by atoms with van der Waals surface area (Å²) in [5.41, 5.74) is 0.962. The third kappa shape index (κ3) is 6.21. The number of carbonyl (C=O) groups is 2. The number of benzene rings is 2. The third-order valence-corrected chi connectivity index (χ3v) is 10.2. The first kappa shape index (κ1) is 27.5. The number of rotatable bonds is 9. The van der Waals surface area contributed by atoms with Crippen LogP contribution in [0.15, 0.2) is 48.5 Å². The van der Waals surface area contributed by atoms with Crippen molar-refractivity contribution in [1.29, 1.82) is 0 Å². The van der Waals surface area contributed by atoms with Crippen molar-refractivity contribution in [1.82, 2.24) is 14.3 Å². The highest BCUT2D eigenvalue weighted by Gasteiger charge is 2.45. The Morgan fingerprint density at radius 2 is 1.71 bits per heavy atom. The van der Waals surface area contributed by atoms with E-state index in [0.29, 0.717) is 37.2 Å². The van der Waals surface area contributed by atoms with Gasteiger partial charge in [-0.3, -0.25) is 14.5 Å². The van der Waals surface area contributed by atoms with Crippen LogP contribution in [0.1, 0.15) is 56.6 Å². The van der Waals surface area contributed by atoms with Crippen LogP contribution in [0.2, 0.25) is 0 Å². The molecule has 1 atom stereocenters. The second-order valence-corrected chi connectivity index (χ2v) is 13.2. The minimum Gasteiger partial charge on any atom is -0.351 e. The average molecular weight is 655 g/mol. The predicted molar refractivity (Wildman–Crippen MR) is 151 cm³/mol. The van der Waals surface area contributed by atoms with Crippen molar-refractivity contribution in [2.24, 2.45) is 5.92 Å². The van der Waals surface area contributed by atoms with E-state index in [0.717, 1.165) is 35.7 Å². The molecule has 0 radical (unpaired) electrons. The molecule has 2 aliphatic carbocycles. The first-order valence-corrected chi connectivity index (χ1v) is 15.7. The molecule has 1 saturated heterocycles. The topological polar surface area (TPSA) is 98.6 Å². The van der Waals surface area contributed by atoms with Gasteiger partial charge in [-0.1, -0.05) is 43.5 Å². The van der Waals surface area contributed by atoms with Gasteiger partial charge >= 0.3 is 0 Å². The largest absolute Gasteiger partial charge is 0.351 e. The number of hydrogen-bond donors (Lipinski definition) is 2. The van der Waals surface area contributed by atoms with Crippen LogP contribution in [0.4, 0.5) is 10.1 Å². The SMILES string of the molecule is O=C(NC1CCCCC1)[C@@H](c1ccccc1I)N(c1cccc(F)c1)C(=O)[C@H]1C[C@@H](NS(=O)(=O)N2CC2)C1. The van der Waals surface area contributed by atoms with Gasteiger partial charge in [0.05, 0.1) is 0 Å². The molecule has 8 nitrogen and oxygen atoms in total. The van der Waals surface area contributed by atoms with E-state index >= 15 is 0 Å². The van der Waals surface area contributed by atoms with Crippen LogP contribution in [0.25, 0.3) is 0 Å². The van der Waals surface area contributed by atoms with Crippen molar-refractivity contribution in [3.8, 4) is 0 Å². The minimum atomic E-state index is -3.53. The molecule has 1 heterocycles. The molecule has 2 amide bonds. The minimum absolute atomic E-state index is 0.0319. The molecule has 1 aliphatic heterocycles. The van der Waals surface area contributed by atoms with Gasteiger partial charge in [0, 0.05) is 40.3 Å². The monoisotopic (exact) mass is 654 g/mol. The Hall–Kier alpha value is -2.09. The van der Waals surface area contributed by atoms with Crippen LogP contribution in [0.3, 0.4) is 0 Å². The second-order valence-electron chi connectivity index (χ2n) is 10.3. The zero-order valence-electron chi connectivity index (χ0n) is 21.0. The first-order chi connectivity index (χ1) is 18.2. The van der Waals surface area contributed by atoms with Gasteiger partial charge in [0.2, 0.25) is 11.8 Å². The summed E-state index contributed by atoms with van der Waals surface area (Å²) in [6.45, 7) is 1.01. The average Bonchev–Trinajstić information content (AvgIpc) is 3.72. The molecule has 0 spiro atoms. The molecule has 2 N–H and O–H groups in total. The highest BCUT2D eigenvalue weighted by Crippen LogP contribution is 2.38. The van der Waals surface area contributed by atoms with Crippen LogP contribution in [0.5, 0.6) is 0 Å². The predicted octanol–water partition coefficient (Wildman–Crippen LogP) is 3.88. The van der Waals surface area contributed by atoms with Gasteiger partial charge in [-0.25, -0.2) is 4.39 Å². The summed E-state index contributed by atoms with van der Waals surface area (Å²) in [6, 6.07) is 11.8. The fourth-order valence-electron chi connectivity index (χ4n) is 5.33. The number of nitrogens with one attached hydrogen (secondary N) is 2. The van der Waals surface area contributed by atoms with Crippen LogP contribution >= 0.6 is 22.6 Å². The molecule has 2 saturated carbocycles. The van der Waals surface area contributed by atoms with Crippen molar-refractivity contribution in [3.63, 3.8) is 0 Å². The van der Waals surface area contributed by atoms with Gasteiger partial charge in [-0.05, 0) is 78.1 Å². The van der Waals surface area contributed by atoms with Crippen LogP contribution in [-0.2, 0) is 19.8 Å². The van der Waals surface area contributed by atoms with E-state index in [-0.39, 0.29) is 23.9 Å². The highest BCUT2D eigenvalue weighted by molar-refractivity contribution is 14.1. The molecule has 2 aromatic carbocycles. The van der Waals surface area contributed by atoms with Crippen LogP contribution in [-0.4, -0.2) is 49.7 Å². The molecule has 3 aliphatic rings. The lowest BCUT2D eigenvalue weighted by atomic mass is 9.79. The molecule has 11 heteroatoms. The Bertz CT molecular complexity index is 1290. The van der Waals surface area contributed by atoms with E-state index in [2.05, 4.69) is 32.6 Å². The van der Waals surface area contributed by atoms with Crippen molar-refractivity contribution >= 4 is 50.3 Å². The summed E-state index contributed by atoms with van der Waals surface area (Å²) in [7, 11) is -3.53. The summed E-state index contributed by atoms with van der Waals surface area (Å²) in [4.78, 5) is 29.4. The Kier molecular flexibility index (Phi) is 8.36. The zero-order chi connectivity index (χ0) is 26.9. The van der Waals surface area contributed by atoms with E-state index in [1.165, 1.54) is 27.4 Å². The third-order valence-electron chi connectivity index (χ3n) is 7.53. The Balaban J connectivity index is 1.45. The van der Waals surface area contributed by atoms with E-state index in [1.54, 1.807) is 6.07 Å². The summed E-state index contributed by atoms with van der Waals surface area (Å²) < 4.78 is 43.8. The number of anilines is 1. The number of nitrogens with zero attached hydrogens (tertiary/aromatic N) is 2. The number of hydrogen-bond acceptors (Lipinski definition) is 4. The summed E-state index contributed by atoms with van der Waals surface area (Å²) in [6.07, 6.45) is 5.65. The second kappa shape index (κ2) is 11.6.